The molecule has 1 fully saturated rings. The molecule has 6 atom stereocenters. The Morgan fingerprint density at radius 3 is 2.76 bits per heavy atom. The zero-order chi connectivity index (χ0) is 30.2. The second kappa shape index (κ2) is 11.4. The van der Waals surface area contributed by atoms with E-state index in [2.05, 4.69) is 20.0 Å². The van der Waals surface area contributed by atoms with Crippen LogP contribution in [0.1, 0.15) is 27.0 Å². The van der Waals surface area contributed by atoms with Crippen LogP contribution in [0, 0.1) is 0 Å². The van der Waals surface area contributed by atoms with Crippen LogP contribution in [-0.2, 0) is 18.6 Å². The summed E-state index contributed by atoms with van der Waals surface area (Å²) in [5.74, 6) is -1.18. The van der Waals surface area contributed by atoms with Gasteiger partial charge in [0.05, 0.1) is 19.5 Å². The lowest BCUT2D eigenvalue weighted by Gasteiger charge is -2.26. The van der Waals surface area contributed by atoms with Crippen molar-refractivity contribution in [2.24, 2.45) is 0 Å². The molecule has 1 aliphatic rings. The summed E-state index contributed by atoms with van der Waals surface area (Å²) in [5.41, 5.74) is 4.05. The molecule has 2 aromatic carbocycles. The molecule has 5 N–H and O–H groups in total. The molecule has 16 heteroatoms. The minimum atomic E-state index is -4.45. The number of hydrogen-bond acceptors (Lipinski definition) is 11. The van der Waals surface area contributed by atoms with Gasteiger partial charge in [0.2, 0.25) is 11.8 Å². The summed E-state index contributed by atoms with van der Waals surface area (Å²) >= 11 is 0. The first-order chi connectivity index (χ1) is 19.9. The van der Waals surface area contributed by atoms with Crippen LogP contribution < -0.4 is 20.1 Å². The molecular formula is C26H30FN6O8P. The summed E-state index contributed by atoms with van der Waals surface area (Å²) in [7, 11) is -4.45. The van der Waals surface area contributed by atoms with Gasteiger partial charge in [0, 0.05) is 5.39 Å². The van der Waals surface area contributed by atoms with Crippen molar-refractivity contribution in [1.29, 1.82) is 0 Å². The minimum absolute atomic E-state index is 0.109. The topological polar surface area (TPSA) is 193 Å². The Hall–Kier alpha value is -3.88. The van der Waals surface area contributed by atoms with Gasteiger partial charge in [-0.25, -0.2) is 13.9 Å². The first kappa shape index (κ1) is 29.6. The smallest absolute Gasteiger partial charge is 0.459 e. The van der Waals surface area contributed by atoms with E-state index in [0.29, 0.717) is 5.39 Å². The summed E-state index contributed by atoms with van der Waals surface area (Å²) in [4.78, 5) is 24.0. The van der Waals surface area contributed by atoms with E-state index in [4.69, 9.17) is 24.3 Å². The van der Waals surface area contributed by atoms with E-state index in [-0.39, 0.29) is 35.3 Å². The van der Waals surface area contributed by atoms with Crippen molar-refractivity contribution in [3.63, 3.8) is 0 Å². The predicted octanol–water partition coefficient (Wildman–Crippen LogP) is 3.21. The second-order valence-corrected chi connectivity index (χ2v) is 11.5. The molecule has 0 bridgehead atoms. The lowest BCUT2D eigenvalue weighted by atomic mass is 9.98. The molecule has 224 valence electrons. The standard InChI is InChI=1S/C26H30FN6O8P/c1-4-38-22-19-21(30-25(28)31-22)33(13-29-19)24-26(3,36)20(27)18(40-24)12-39-42(37,32-14(2)23(34)35)41-17-11-7-9-15-8-5-6-10-16(15)17/h5-11,13-14,18,20,24,36H,4,12H2,1-3H3,(H,32,37)(H,34,35)(H2,28,30,31)/t14?,18-,20-,24-,26-,42?/m1/s1. The maximum atomic E-state index is 15.7. The molecule has 5 rings (SSSR count). The number of carboxylic acid groups (broad SMARTS) is 1. The first-order valence-electron chi connectivity index (χ1n) is 13.0. The third-order valence-corrected chi connectivity index (χ3v) is 8.36. The Bertz CT molecular complexity index is 1660. The number of benzene rings is 2. The number of alkyl halides is 1. The summed E-state index contributed by atoms with van der Waals surface area (Å²) in [6.07, 6.45) is -3.59. The summed E-state index contributed by atoms with van der Waals surface area (Å²) in [6.45, 7) is 3.82. The lowest BCUT2D eigenvalue weighted by Crippen LogP contribution is -2.42. The number of hydrogen-bond donors (Lipinski definition) is 4. The van der Waals surface area contributed by atoms with Crippen LogP contribution >= 0.6 is 7.75 Å². The summed E-state index contributed by atoms with van der Waals surface area (Å²) in [5, 5.41) is 24.3. The Kier molecular flexibility index (Phi) is 8.05. The number of halogens is 1. The number of imidazole rings is 1. The monoisotopic (exact) mass is 604 g/mol. The molecule has 0 spiro atoms. The van der Waals surface area contributed by atoms with Crippen LogP contribution in [0.15, 0.2) is 48.8 Å². The zero-order valence-electron chi connectivity index (χ0n) is 22.9. The fourth-order valence-corrected chi connectivity index (χ4v) is 6.16. The highest BCUT2D eigenvalue weighted by atomic mass is 31.2. The largest absolute Gasteiger partial charge is 0.480 e. The van der Waals surface area contributed by atoms with E-state index >= 15 is 4.39 Å². The van der Waals surface area contributed by atoms with Crippen molar-refractivity contribution in [3.05, 3.63) is 48.8 Å². The van der Waals surface area contributed by atoms with E-state index in [1.54, 1.807) is 31.2 Å². The molecule has 4 aromatic rings. The van der Waals surface area contributed by atoms with E-state index in [0.717, 1.165) is 5.39 Å². The molecule has 14 nitrogen and oxygen atoms in total. The van der Waals surface area contributed by atoms with Gasteiger partial charge < -0.3 is 29.9 Å². The third kappa shape index (κ3) is 5.61. The number of fused-ring (bicyclic) bond motifs is 2. The number of aromatic nitrogens is 4. The van der Waals surface area contributed by atoms with Crippen molar-refractivity contribution < 1.29 is 42.5 Å². The fourth-order valence-electron chi connectivity index (χ4n) is 4.63. The molecule has 0 radical (unpaired) electrons. The summed E-state index contributed by atoms with van der Waals surface area (Å²) in [6, 6.07) is 10.8. The molecular weight excluding hydrogens is 574 g/mol. The SMILES string of the molecule is CCOc1nc(N)nc2c1ncn2[C@@H]1O[C@H](COP(=O)(NC(C)C(=O)O)Oc2cccc3ccccc23)[C@@H](F)[C@@]1(C)O. The minimum Gasteiger partial charge on any atom is -0.480 e. The van der Waals surface area contributed by atoms with Crippen LogP contribution in [0.25, 0.3) is 21.9 Å². The van der Waals surface area contributed by atoms with Crippen molar-refractivity contribution in [2.75, 3.05) is 18.9 Å². The zero-order valence-corrected chi connectivity index (χ0v) is 23.8. The number of nitrogens with two attached hydrogens (primary N) is 1. The van der Waals surface area contributed by atoms with Gasteiger partial charge in [-0.2, -0.15) is 15.1 Å². The Morgan fingerprint density at radius 1 is 1.29 bits per heavy atom. The second-order valence-electron chi connectivity index (χ2n) is 9.85. The number of anilines is 1. The Morgan fingerprint density at radius 2 is 2.02 bits per heavy atom. The Labute approximate surface area is 239 Å². The molecule has 1 saturated heterocycles. The van der Waals surface area contributed by atoms with Crippen molar-refractivity contribution in [3.8, 4) is 11.6 Å². The first-order valence-corrected chi connectivity index (χ1v) is 14.5. The van der Waals surface area contributed by atoms with Crippen molar-refractivity contribution >= 4 is 41.6 Å². The highest BCUT2D eigenvalue weighted by Gasteiger charge is 2.55. The number of nitrogens with one attached hydrogen (secondary N) is 1. The maximum Gasteiger partial charge on any atom is 0.459 e. The molecule has 3 heterocycles. The average Bonchev–Trinajstić information content (AvgIpc) is 3.45. The molecule has 0 amide bonds. The van der Waals surface area contributed by atoms with Gasteiger partial charge in [-0.15, -0.1) is 0 Å². The van der Waals surface area contributed by atoms with E-state index in [1.807, 2.05) is 18.2 Å². The van der Waals surface area contributed by atoms with Gasteiger partial charge in [0.1, 0.15) is 23.5 Å². The predicted molar refractivity (Wildman–Crippen MR) is 149 cm³/mol. The molecule has 0 saturated carbocycles. The van der Waals surface area contributed by atoms with Crippen molar-refractivity contribution in [1.82, 2.24) is 24.6 Å². The molecule has 1 aliphatic heterocycles. The molecule has 42 heavy (non-hydrogen) atoms. The number of carbonyl (C=O) groups is 1. The van der Waals surface area contributed by atoms with Crippen LogP contribution in [0.2, 0.25) is 0 Å². The quantitative estimate of drug-likeness (QED) is 0.183. The fraction of sp³-hybridized carbons (Fsp3) is 0.385. The number of ether oxygens (including phenoxy) is 2. The van der Waals surface area contributed by atoms with Gasteiger partial charge in [-0.3, -0.25) is 13.9 Å². The van der Waals surface area contributed by atoms with Crippen molar-refractivity contribution in [2.45, 2.75) is 50.9 Å². The molecule has 0 aliphatic carbocycles. The average molecular weight is 605 g/mol. The lowest BCUT2D eigenvalue weighted by molar-refractivity contribution is -0.138. The van der Waals surface area contributed by atoms with Gasteiger partial charge in [-0.1, -0.05) is 36.4 Å². The van der Waals surface area contributed by atoms with Gasteiger partial charge in [0.25, 0.3) is 0 Å². The van der Waals surface area contributed by atoms with Crippen LogP contribution in [0.4, 0.5) is 10.3 Å². The Balaban J connectivity index is 1.41. The van der Waals surface area contributed by atoms with Crippen LogP contribution in [-0.4, -0.2) is 72.8 Å². The molecule has 2 aromatic heterocycles. The van der Waals surface area contributed by atoms with Gasteiger partial charge >= 0.3 is 13.7 Å². The number of aliphatic hydroxyl groups is 1. The molecule has 2 unspecified atom stereocenters. The highest BCUT2D eigenvalue weighted by Crippen LogP contribution is 2.49. The normalized spacial score (nSPS) is 24.5. The number of nitrogen functional groups attached to an aromatic ring is 1. The number of aliphatic carboxylic acids is 1. The third-order valence-electron chi connectivity index (χ3n) is 6.73. The van der Waals surface area contributed by atoms with E-state index in [9.17, 15) is 19.6 Å². The van der Waals surface area contributed by atoms with Crippen LogP contribution in [0.5, 0.6) is 11.6 Å². The van der Waals surface area contributed by atoms with E-state index in [1.165, 1.54) is 24.7 Å². The maximum absolute atomic E-state index is 15.7. The number of nitrogens with zero attached hydrogens (tertiary/aromatic N) is 4. The number of carboxylic acids is 1. The number of rotatable bonds is 11. The highest BCUT2D eigenvalue weighted by molar-refractivity contribution is 7.52. The van der Waals surface area contributed by atoms with Gasteiger partial charge in [-0.05, 0) is 32.2 Å². The van der Waals surface area contributed by atoms with E-state index < -0.39 is 50.5 Å². The van der Waals surface area contributed by atoms with Crippen LogP contribution in [0.3, 0.4) is 0 Å². The van der Waals surface area contributed by atoms with Gasteiger partial charge in [0.15, 0.2) is 23.6 Å². The summed E-state index contributed by atoms with van der Waals surface area (Å²) < 4.78 is 53.5.